The first-order valence-corrected chi connectivity index (χ1v) is 7.94. The van der Waals surface area contributed by atoms with Gasteiger partial charge in [0.05, 0.1) is 11.6 Å². The molecule has 0 spiro atoms. The van der Waals surface area contributed by atoms with Gasteiger partial charge < -0.3 is 0 Å². The van der Waals surface area contributed by atoms with Crippen molar-refractivity contribution in [3.8, 4) is 6.07 Å². The van der Waals surface area contributed by atoms with E-state index >= 15 is 0 Å². The molecular formula is C19H25N. The van der Waals surface area contributed by atoms with E-state index < -0.39 is 0 Å². The van der Waals surface area contributed by atoms with Crippen LogP contribution in [-0.4, -0.2) is 0 Å². The van der Waals surface area contributed by atoms with Gasteiger partial charge in [-0.05, 0) is 75.0 Å². The summed E-state index contributed by atoms with van der Waals surface area (Å²) < 4.78 is 0. The molecule has 106 valence electrons. The first kappa shape index (κ1) is 14.9. The Balaban J connectivity index is 1.77. The summed E-state index contributed by atoms with van der Waals surface area (Å²) in [5, 5.41) is 8.84. The SMILES string of the molecule is C/C=C\CCCC1CCC(c2ccc(C#N)cc2)CC1. The minimum Gasteiger partial charge on any atom is -0.192 e. The topological polar surface area (TPSA) is 23.8 Å². The molecular weight excluding hydrogens is 242 g/mol. The normalized spacial score (nSPS) is 22.8. The second kappa shape index (κ2) is 7.90. The van der Waals surface area contributed by atoms with Crippen LogP contribution in [0.25, 0.3) is 0 Å². The molecule has 0 radical (unpaired) electrons. The van der Waals surface area contributed by atoms with Gasteiger partial charge in [0.2, 0.25) is 0 Å². The number of unbranched alkanes of at least 4 members (excludes halogenated alkanes) is 1. The summed E-state index contributed by atoms with van der Waals surface area (Å²) in [5.74, 6) is 1.66. The zero-order valence-electron chi connectivity index (χ0n) is 12.5. The van der Waals surface area contributed by atoms with Crippen LogP contribution in [0.1, 0.15) is 68.9 Å². The molecule has 1 aliphatic rings. The fourth-order valence-electron chi connectivity index (χ4n) is 3.31. The van der Waals surface area contributed by atoms with Crippen LogP contribution in [0.5, 0.6) is 0 Å². The molecule has 0 heterocycles. The van der Waals surface area contributed by atoms with Gasteiger partial charge in [0.1, 0.15) is 0 Å². The van der Waals surface area contributed by atoms with Gasteiger partial charge in [-0.3, -0.25) is 0 Å². The molecule has 1 aromatic rings. The van der Waals surface area contributed by atoms with Crippen LogP contribution in [0.3, 0.4) is 0 Å². The first-order chi connectivity index (χ1) is 9.83. The summed E-state index contributed by atoms with van der Waals surface area (Å²) in [4.78, 5) is 0. The van der Waals surface area contributed by atoms with Gasteiger partial charge in [-0.15, -0.1) is 0 Å². The molecule has 0 amide bonds. The van der Waals surface area contributed by atoms with Crippen molar-refractivity contribution in [3.63, 3.8) is 0 Å². The van der Waals surface area contributed by atoms with Crippen LogP contribution in [0, 0.1) is 17.2 Å². The summed E-state index contributed by atoms with van der Waals surface area (Å²) in [5.41, 5.74) is 2.20. The van der Waals surface area contributed by atoms with Crippen LogP contribution in [0.4, 0.5) is 0 Å². The maximum atomic E-state index is 8.84. The molecule has 0 aromatic heterocycles. The first-order valence-electron chi connectivity index (χ1n) is 7.94. The van der Waals surface area contributed by atoms with Gasteiger partial charge in [-0.1, -0.05) is 30.7 Å². The zero-order chi connectivity index (χ0) is 14.2. The van der Waals surface area contributed by atoms with Gasteiger partial charge in [0.25, 0.3) is 0 Å². The molecule has 20 heavy (non-hydrogen) atoms. The molecule has 0 atom stereocenters. The second-order valence-electron chi connectivity index (χ2n) is 5.95. The Hall–Kier alpha value is -1.55. The molecule has 1 nitrogen and oxygen atoms in total. The van der Waals surface area contributed by atoms with E-state index in [4.69, 9.17) is 5.26 Å². The smallest absolute Gasteiger partial charge is 0.0991 e. The highest BCUT2D eigenvalue weighted by Gasteiger charge is 2.21. The summed E-state index contributed by atoms with van der Waals surface area (Å²) in [6.45, 7) is 2.10. The highest BCUT2D eigenvalue weighted by atomic mass is 14.3. The van der Waals surface area contributed by atoms with E-state index in [1.165, 1.54) is 50.5 Å². The lowest BCUT2D eigenvalue weighted by atomic mass is 9.77. The largest absolute Gasteiger partial charge is 0.192 e. The lowest BCUT2D eigenvalue weighted by Crippen LogP contribution is -2.13. The third-order valence-electron chi connectivity index (χ3n) is 4.58. The maximum Gasteiger partial charge on any atom is 0.0991 e. The van der Waals surface area contributed by atoms with Crippen molar-refractivity contribution in [2.45, 2.75) is 57.8 Å². The summed E-state index contributed by atoms with van der Waals surface area (Å²) in [7, 11) is 0. The average Bonchev–Trinajstić information content (AvgIpc) is 2.52. The zero-order valence-corrected chi connectivity index (χ0v) is 12.5. The van der Waals surface area contributed by atoms with Crippen LogP contribution in [0.2, 0.25) is 0 Å². The maximum absolute atomic E-state index is 8.84. The van der Waals surface area contributed by atoms with Gasteiger partial charge >= 0.3 is 0 Å². The van der Waals surface area contributed by atoms with Crippen molar-refractivity contribution in [2.75, 3.05) is 0 Å². The van der Waals surface area contributed by atoms with Crippen molar-refractivity contribution >= 4 is 0 Å². The molecule has 1 aromatic carbocycles. The van der Waals surface area contributed by atoms with Gasteiger partial charge in [0.15, 0.2) is 0 Å². The number of rotatable bonds is 5. The third-order valence-corrected chi connectivity index (χ3v) is 4.58. The van der Waals surface area contributed by atoms with Gasteiger partial charge in [-0.2, -0.15) is 5.26 Å². The summed E-state index contributed by atoms with van der Waals surface area (Å²) in [6.07, 6.45) is 13.8. The van der Waals surface area contributed by atoms with Gasteiger partial charge in [-0.25, -0.2) is 0 Å². The predicted molar refractivity (Wildman–Crippen MR) is 84.5 cm³/mol. The molecule has 0 bridgehead atoms. The number of nitrogens with zero attached hydrogens (tertiary/aromatic N) is 1. The predicted octanol–water partition coefficient (Wildman–Crippen LogP) is 5.58. The highest BCUT2D eigenvalue weighted by molar-refractivity contribution is 5.33. The standard InChI is InChI=1S/C19H25N/c1-2-3-4-5-6-16-7-11-18(12-8-16)19-13-9-17(15-20)10-14-19/h2-3,9-10,13-14,16,18H,4-8,11-12H2,1H3/b3-2-. The van der Waals surface area contributed by atoms with E-state index in [1.54, 1.807) is 0 Å². The summed E-state index contributed by atoms with van der Waals surface area (Å²) in [6, 6.07) is 10.4. The molecule has 0 N–H and O–H groups in total. The van der Waals surface area contributed by atoms with Crippen LogP contribution in [0.15, 0.2) is 36.4 Å². The van der Waals surface area contributed by atoms with E-state index in [0.29, 0.717) is 0 Å². The molecule has 2 rings (SSSR count). The van der Waals surface area contributed by atoms with Crippen molar-refractivity contribution in [1.82, 2.24) is 0 Å². The lowest BCUT2D eigenvalue weighted by Gasteiger charge is -2.28. The van der Waals surface area contributed by atoms with Crippen molar-refractivity contribution in [1.29, 1.82) is 5.26 Å². The van der Waals surface area contributed by atoms with E-state index in [1.807, 2.05) is 12.1 Å². The number of benzene rings is 1. The van der Waals surface area contributed by atoms with Gasteiger partial charge in [0, 0.05) is 0 Å². The fourth-order valence-corrected chi connectivity index (χ4v) is 3.31. The fraction of sp³-hybridized carbons (Fsp3) is 0.526. The highest BCUT2D eigenvalue weighted by Crippen LogP contribution is 2.37. The third kappa shape index (κ3) is 4.23. The van der Waals surface area contributed by atoms with Crippen molar-refractivity contribution < 1.29 is 0 Å². The quantitative estimate of drug-likeness (QED) is 0.504. The molecule has 1 saturated carbocycles. The number of nitriles is 1. The van der Waals surface area contributed by atoms with Crippen molar-refractivity contribution in [2.24, 2.45) is 5.92 Å². The molecule has 1 heteroatoms. The van der Waals surface area contributed by atoms with Crippen LogP contribution in [-0.2, 0) is 0 Å². The Labute approximate surface area is 123 Å². The molecule has 0 saturated heterocycles. The van der Waals surface area contributed by atoms with E-state index in [2.05, 4.69) is 37.3 Å². The Morgan fingerprint density at radius 2 is 1.85 bits per heavy atom. The monoisotopic (exact) mass is 267 g/mol. The number of hydrogen-bond donors (Lipinski definition) is 0. The Bertz CT molecular complexity index is 456. The Kier molecular flexibility index (Phi) is 5.87. The average molecular weight is 267 g/mol. The van der Waals surface area contributed by atoms with E-state index in [0.717, 1.165) is 17.4 Å². The van der Waals surface area contributed by atoms with Crippen molar-refractivity contribution in [3.05, 3.63) is 47.5 Å². The van der Waals surface area contributed by atoms with E-state index in [-0.39, 0.29) is 0 Å². The molecule has 0 unspecified atom stereocenters. The lowest BCUT2D eigenvalue weighted by molar-refractivity contribution is 0.305. The number of allylic oxidation sites excluding steroid dienone is 2. The molecule has 1 aliphatic carbocycles. The Morgan fingerprint density at radius 1 is 1.15 bits per heavy atom. The molecule has 1 fully saturated rings. The Morgan fingerprint density at radius 3 is 2.45 bits per heavy atom. The van der Waals surface area contributed by atoms with E-state index in [9.17, 15) is 0 Å². The molecule has 0 aliphatic heterocycles. The summed E-state index contributed by atoms with van der Waals surface area (Å²) >= 11 is 0. The minimum atomic E-state index is 0.717. The minimum absolute atomic E-state index is 0.717. The van der Waals surface area contributed by atoms with Crippen LogP contribution < -0.4 is 0 Å². The number of hydrogen-bond acceptors (Lipinski definition) is 1. The van der Waals surface area contributed by atoms with Crippen LogP contribution >= 0.6 is 0 Å². The second-order valence-corrected chi connectivity index (χ2v) is 5.95.